The van der Waals surface area contributed by atoms with E-state index in [1.807, 2.05) is 38.1 Å². The molecule has 1 amide bonds. The van der Waals surface area contributed by atoms with Crippen molar-refractivity contribution in [3.63, 3.8) is 0 Å². The van der Waals surface area contributed by atoms with Gasteiger partial charge in [-0.25, -0.2) is 0 Å². The van der Waals surface area contributed by atoms with E-state index >= 15 is 0 Å². The van der Waals surface area contributed by atoms with Crippen molar-refractivity contribution in [2.75, 3.05) is 13.7 Å². The summed E-state index contributed by atoms with van der Waals surface area (Å²) in [6.45, 7) is 4.55. The molecule has 0 radical (unpaired) electrons. The molecule has 3 nitrogen and oxygen atoms in total. The highest BCUT2D eigenvalue weighted by atomic mass is 16.5. The molecule has 0 saturated heterocycles. The van der Waals surface area contributed by atoms with Crippen LogP contribution < -0.4 is 10.1 Å². The highest BCUT2D eigenvalue weighted by Gasteiger charge is 2.12. The molecule has 0 aliphatic carbocycles. The summed E-state index contributed by atoms with van der Waals surface area (Å²) in [5, 5.41) is 2.82. The van der Waals surface area contributed by atoms with E-state index in [2.05, 4.69) is 5.32 Å². The molecule has 0 fully saturated rings. The van der Waals surface area contributed by atoms with Crippen molar-refractivity contribution in [3.05, 3.63) is 29.8 Å². The maximum atomic E-state index is 11.5. The van der Waals surface area contributed by atoms with E-state index < -0.39 is 0 Å². The van der Waals surface area contributed by atoms with Crippen LogP contribution in [-0.2, 0) is 11.2 Å². The molecule has 1 N–H and O–H groups in total. The number of rotatable bonds is 5. The van der Waals surface area contributed by atoms with Crippen molar-refractivity contribution >= 4 is 5.91 Å². The minimum absolute atomic E-state index is 0.00773. The lowest BCUT2D eigenvalue weighted by Crippen LogP contribution is -2.29. The van der Waals surface area contributed by atoms with E-state index in [1.54, 1.807) is 7.11 Å². The van der Waals surface area contributed by atoms with Gasteiger partial charge in [-0.3, -0.25) is 4.79 Å². The first-order valence-corrected chi connectivity index (χ1v) is 5.58. The highest BCUT2D eigenvalue weighted by molar-refractivity contribution is 5.78. The highest BCUT2D eigenvalue weighted by Crippen LogP contribution is 2.14. The van der Waals surface area contributed by atoms with Gasteiger partial charge in [-0.1, -0.05) is 19.1 Å². The average Bonchev–Trinajstić information content (AvgIpc) is 2.30. The van der Waals surface area contributed by atoms with Crippen LogP contribution in [0.5, 0.6) is 5.75 Å². The minimum atomic E-state index is 0.00773. The number of methoxy groups -OCH3 is 1. The lowest BCUT2D eigenvalue weighted by molar-refractivity contribution is -0.124. The van der Waals surface area contributed by atoms with Gasteiger partial charge in [-0.05, 0) is 31.0 Å². The zero-order valence-electron chi connectivity index (χ0n) is 10.1. The monoisotopic (exact) mass is 221 g/mol. The molecule has 0 bridgehead atoms. The van der Waals surface area contributed by atoms with Gasteiger partial charge in [-0.2, -0.15) is 0 Å². The Labute approximate surface area is 96.8 Å². The summed E-state index contributed by atoms with van der Waals surface area (Å²) in [4.78, 5) is 11.5. The van der Waals surface area contributed by atoms with Gasteiger partial charge in [0.25, 0.3) is 0 Å². The molecular weight excluding hydrogens is 202 g/mol. The number of carbonyl (C=O) groups is 1. The van der Waals surface area contributed by atoms with Crippen molar-refractivity contribution in [2.24, 2.45) is 5.92 Å². The number of hydrogen-bond acceptors (Lipinski definition) is 2. The third kappa shape index (κ3) is 3.57. The van der Waals surface area contributed by atoms with E-state index in [-0.39, 0.29) is 11.8 Å². The summed E-state index contributed by atoms with van der Waals surface area (Å²) in [5.41, 5.74) is 1.15. The Morgan fingerprint density at radius 2 is 2.00 bits per heavy atom. The summed E-state index contributed by atoms with van der Waals surface area (Å²) in [6.07, 6.45) is 0.760. The van der Waals surface area contributed by atoms with E-state index in [4.69, 9.17) is 4.74 Å². The van der Waals surface area contributed by atoms with Gasteiger partial charge in [0, 0.05) is 12.5 Å². The van der Waals surface area contributed by atoms with Crippen LogP contribution in [0.1, 0.15) is 19.4 Å². The Kier molecular flexibility index (Phi) is 4.83. The summed E-state index contributed by atoms with van der Waals surface area (Å²) in [6, 6.07) is 7.82. The third-order valence-electron chi connectivity index (χ3n) is 2.50. The molecule has 1 rings (SSSR count). The summed E-state index contributed by atoms with van der Waals surface area (Å²) in [7, 11) is 1.65. The van der Waals surface area contributed by atoms with Crippen molar-refractivity contribution in [3.8, 4) is 5.75 Å². The minimum Gasteiger partial charge on any atom is -0.497 e. The molecule has 0 aliphatic rings. The first-order chi connectivity index (χ1) is 7.67. The first kappa shape index (κ1) is 12.6. The van der Waals surface area contributed by atoms with Gasteiger partial charge in [-0.15, -0.1) is 0 Å². The zero-order valence-corrected chi connectivity index (χ0v) is 10.1. The standard InChI is InChI=1S/C13H19NO2/c1-4-14-13(15)10(2)9-11-5-7-12(16-3)8-6-11/h5-8,10H,4,9H2,1-3H3,(H,14,15). The quantitative estimate of drug-likeness (QED) is 0.826. The first-order valence-electron chi connectivity index (χ1n) is 5.58. The van der Waals surface area contributed by atoms with E-state index in [0.29, 0.717) is 6.54 Å². The van der Waals surface area contributed by atoms with Crippen molar-refractivity contribution in [1.29, 1.82) is 0 Å². The predicted octanol–water partition coefficient (Wildman–Crippen LogP) is 2.01. The fourth-order valence-corrected chi connectivity index (χ4v) is 1.56. The number of nitrogens with one attached hydrogen (secondary N) is 1. The third-order valence-corrected chi connectivity index (χ3v) is 2.50. The summed E-state index contributed by atoms with van der Waals surface area (Å²) in [5.74, 6) is 0.959. The van der Waals surface area contributed by atoms with Crippen molar-refractivity contribution < 1.29 is 9.53 Å². The van der Waals surface area contributed by atoms with Crippen LogP contribution in [0.3, 0.4) is 0 Å². The van der Waals surface area contributed by atoms with Crippen LogP contribution in [-0.4, -0.2) is 19.6 Å². The zero-order chi connectivity index (χ0) is 12.0. The maximum Gasteiger partial charge on any atom is 0.223 e. The largest absolute Gasteiger partial charge is 0.497 e. The fourth-order valence-electron chi connectivity index (χ4n) is 1.56. The number of ether oxygens (including phenoxy) is 1. The van der Waals surface area contributed by atoms with Crippen LogP contribution in [0, 0.1) is 5.92 Å². The number of amides is 1. The second-order valence-corrected chi connectivity index (χ2v) is 3.85. The van der Waals surface area contributed by atoms with Crippen molar-refractivity contribution in [2.45, 2.75) is 20.3 Å². The predicted molar refractivity (Wildman–Crippen MR) is 64.5 cm³/mol. The molecule has 16 heavy (non-hydrogen) atoms. The number of benzene rings is 1. The second-order valence-electron chi connectivity index (χ2n) is 3.85. The topological polar surface area (TPSA) is 38.3 Å². The molecule has 1 aromatic rings. The Bertz CT molecular complexity index is 332. The Morgan fingerprint density at radius 3 is 2.50 bits per heavy atom. The van der Waals surface area contributed by atoms with E-state index in [1.165, 1.54) is 0 Å². The molecule has 0 spiro atoms. The molecular formula is C13H19NO2. The molecule has 0 heterocycles. The molecule has 1 atom stereocenters. The molecule has 88 valence electrons. The van der Waals surface area contributed by atoms with Crippen LogP contribution in [0.15, 0.2) is 24.3 Å². The fraction of sp³-hybridized carbons (Fsp3) is 0.462. The normalized spacial score (nSPS) is 11.9. The van der Waals surface area contributed by atoms with Crippen LogP contribution in [0.2, 0.25) is 0 Å². The lowest BCUT2D eigenvalue weighted by atomic mass is 10.0. The maximum absolute atomic E-state index is 11.5. The second kappa shape index (κ2) is 6.16. The van der Waals surface area contributed by atoms with Gasteiger partial charge < -0.3 is 10.1 Å². The number of carbonyl (C=O) groups excluding carboxylic acids is 1. The van der Waals surface area contributed by atoms with Gasteiger partial charge in [0.05, 0.1) is 7.11 Å². The molecule has 1 aromatic carbocycles. The Hall–Kier alpha value is -1.51. The van der Waals surface area contributed by atoms with E-state index in [0.717, 1.165) is 17.7 Å². The molecule has 0 aromatic heterocycles. The smallest absolute Gasteiger partial charge is 0.223 e. The molecule has 0 saturated carbocycles. The molecule has 1 unspecified atom stereocenters. The molecule has 0 aliphatic heterocycles. The van der Waals surface area contributed by atoms with Crippen LogP contribution >= 0.6 is 0 Å². The summed E-state index contributed by atoms with van der Waals surface area (Å²) >= 11 is 0. The lowest BCUT2D eigenvalue weighted by Gasteiger charge is -2.11. The van der Waals surface area contributed by atoms with Crippen LogP contribution in [0.25, 0.3) is 0 Å². The molecule has 3 heteroatoms. The SMILES string of the molecule is CCNC(=O)C(C)Cc1ccc(OC)cc1. The number of hydrogen-bond donors (Lipinski definition) is 1. The Morgan fingerprint density at radius 1 is 1.38 bits per heavy atom. The van der Waals surface area contributed by atoms with Crippen molar-refractivity contribution in [1.82, 2.24) is 5.32 Å². The van der Waals surface area contributed by atoms with Gasteiger partial charge in [0.2, 0.25) is 5.91 Å². The van der Waals surface area contributed by atoms with Gasteiger partial charge in [0.1, 0.15) is 5.75 Å². The van der Waals surface area contributed by atoms with Gasteiger partial charge in [0.15, 0.2) is 0 Å². The Balaban J connectivity index is 2.55. The average molecular weight is 221 g/mol. The van der Waals surface area contributed by atoms with Crippen LogP contribution in [0.4, 0.5) is 0 Å². The van der Waals surface area contributed by atoms with E-state index in [9.17, 15) is 4.79 Å². The van der Waals surface area contributed by atoms with Gasteiger partial charge >= 0.3 is 0 Å². The summed E-state index contributed by atoms with van der Waals surface area (Å²) < 4.78 is 5.08.